The van der Waals surface area contributed by atoms with E-state index in [4.69, 9.17) is 18.9 Å². The molecule has 0 amide bonds. The highest BCUT2D eigenvalue weighted by Crippen LogP contribution is 2.42. The molecular weight excluding hydrogens is 424 g/mol. The highest BCUT2D eigenvalue weighted by Gasteiger charge is 2.27. The fourth-order valence-electron chi connectivity index (χ4n) is 3.96. The summed E-state index contributed by atoms with van der Waals surface area (Å²) in [5, 5.41) is 30.7. The van der Waals surface area contributed by atoms with E-state index in [0.717, 1.165) is 11.1 Å². The molecule has 0 aliphatic heterocycles. The van der Waals surface area contributed by atoms with Crippen LogP contribution in [0.5, 0.6) is 23.0 Å². The SMILES string of the molecule is COc1cc(C(O)C(c2ccc(CO)c(OC)c2)c2ccc(OC)c(OC)c2)ccc1CO. The van der Waals surface area contributed by atoms with Crippen LogP contribution >= 0.6 is 0 Å². The van der Waals surface area contributed by atoms with Crippen molar-refractivity contribution in [3.05, 3.63) is 82.4 Å². The highest BCUT2D eigenvalue weighted by molar-refractivity contribution is 5.50. The molecule has 3 aromatic rings. The summed E-state index contributed by atoms with van der Waals surface area (Å²) >= 11 is 0. The molecule has 0 heterocycles. The van der Waals surface area contributed by atoms with Gasteiger partial charge in [-0.15, -0.1) is 0 Å². The van der Waals surface area contributed by atoms with Gasteiger partial charge in [-0.05, 0) is 41.0 Å². The second-order valence-electron chi connectivity index (χ2n) is 7.50. The summed E-state index contributed by atoms with van der Waals surface area (Å²) in [6, 6.07) is 16.2. The molecule has 0 fully saturated rings. The molecule has 0 aromatic heterocycles. The Kier molecular flexibility index (Phi) is 8.16. The van der Waals surface area contributed by atoms with Crippen LogP contribution in [-0.4, -0.2) is 43.8 Å². The lowest BCUT2D eigenvalue weighted by atomic mass is 9.82. The Hall–Kier alpha value is -3.26. The van der Waals surface area contributed by atoms with Gasteiger partial charge in [0.1, 0.15) is 11.5 Å². The van der Waals surface area contributed by atoms with Gasteiger partial charge in [-0.1, -0.05) is 30.3 Å². The van der Waals surface area contributed by atoms with E-state index in [9.17, 15) is 15.3 Å². The average molecular weight is 455 g/mol. The molecule has 176 valence electrons. The number of hydrogen-bond donors (Lipinski definition) is 3. The van der Waals surface area contributed by atoms with Crippen molar-refractivity contribution in [3.8, 4) is 23.0 Å². The molecule has 7 nitrogen and oxygen atoms in total. The lowest BCUT2D eigenvalue weighted by Crippen LogP contribution is -2.14. The summed E-state index contributed by atoms with van der Waals surface area (Å²) in [5.74, 6) is 1.64. The van der Waals surface area contributed by atoms with Crippen LogP contribution in [0, 0.1) is 0 Å². The van der Waals surface area contributed by atoms with Crippen LogP contribution in [0.15, 0.2) is 54.6 Å². The minimum atomic E-state index is -0.963. The Morgan fingerprint density at radius 1 is 0.576 bits per heavy atom. The first-order valence-electron chi connectivity index (χ1n) is 10.5. The molecule has 2 atom stereocenters. The topological polar surface area (TPSA) is 97.6 Å². The van der Waals surface area contributed by atoms with Crippen molar-refractivity contribution < 1.29 is 34.3 Å². The van der Waals surface area contributed by atoms with Crippen LogP contribution in [0.4, 0.5) is 0 Å². The van der Waals surface area contributed by atoms with E-state index in [0.29, 0.717) is 39.7 Å². The van der Waals surface area contributed by atoms with E-state index in [-0.39, 0.29) is 13.2 Å². The molecule has 3 rings (SSSR count). The van der Waals surface area contributed by atoms with Gasteiger partial charge in [0.05, 0.1) is 47.8 Å². The van der Waals surface area contributed by atoms with E-state index in [1.165, 1.54) is 7.11 Å². The first-order valence-corrected chi connectivity index (χ1v) is 10.5. The van der Waals surface area contributed by atoms with Gasteiger partial charge in [0, 0.05) is 17.0 Å². The van der Waals surface area contributed by atoms with Gasteiger partial charge in [0.2, 0.25) is 0 Å². The van der Waals surface area contributed by atoms with Crippen molar-refractivity contribution in [2.75, 3.05) is 28.4 Å². The van der Waals surface area contributed by atoms with E-state index in [2.05, 4.69) is 0 Å². The van der Waals surface area contributed by atoms with Crippen LogP contribution in [0.2, 0.25) is 0 Å². The Labute approximate surface area is 193 Å². The second-order valence-corrected chi connectivity index (χ2v) is 7.50. The van der Waals surface area contributed by atoms with Crippen LogP contribution in [0.25, 0.3) is 0 Å². The van der Waals surface area contributed by atoms with Crippen LogP contribution < -0.4 is 18.9 Å². The quantitative estimate of drug-likeness (QED) is 0.431. The maximum absolute atomic E-state index is 11.6. The maximum atomic E-state index is 11.6. The van der Waals surface area contributed by atoms with E-state index in [1.54, 1.807) is 51.7 Å². The first kappa shape index (κ1) is 24.4. The molecule has 0 aliphatic carbocycles. The number of rotatable bonds is 10. The van der Waals surface area contributed by atoms with Gasteiger partial charge in [0.25, 0.3) is 0 Å². The third-order valence-electron chi connectivity index (χ3n) is 5.75. The fraction of sp³-hybridized carbons (Fsp3) is 0.308. The van der Waals surface area contributed by atoms with Gasteiger partial charge in [-0.2, -0.15) is 0 Å². The largest absolute Gasteiger partial charge is 0.496 e. The zero-order valence-corrected chi connectivity index (χ0v) is 19.2. The molecule has 2 unspecified atom stereocenters. The molecule has 3 aromatic carbocycles. The molecule has 0 saturated carbocycles. The molecular formula is C26H30O7. The molecule has 33 heavy (non-hydrogen) atoms. The molecule has 0 radical (unpaired) electrons. The Morgan fingerprint density at radius 2 is 1.00 bits per heavy atom. The third kappa shape index (κ3) is 5.06. The predicted octanol–water partition coefficient (Wildman–Crippen LogP) is 3.57. The first-order chi connectivity index (χ1) is 16.0. The van der Waals surface area contributed by atoms with Gasteiger partial charge >= 0.3 is 0 Å². The summed E-state index contributed by atoms with van der Waals surface area (Å²) in [6.07, 6.45) is -0.963. The summed E-state index contributed by atoms with van der Waals surface area (Å²) in [5.41, 5.74) is 3.48. The van der Waals surface area contributed by atoms with Crippen molar-refractivity contribution in [1.29, 1.82) is 0 Å². The Balaban J connectivity index is 2.17. The van der Waals surface area contributed by atoms with Crippen molar-refractivity contribution in [3.63, 3.8) is 0 Å². The summed E-state index contributed by atoms with van der Waals surface area (Å²) in [4.78, 5) is 0. The molecule has 3 N–H and O–H groups in total. The van der Waals surface area contributed by atoms with Crippen molar-refractivity contribution in [1.82, 2.24) is 0 Å². The van der Waals surface area contributed by atoms with Crippen LogP contribution in [0.1, 0.15) is 39.8 Å². The molecule has 0 bridgehead atoms. The average Bonchev–Trinajstić information content (AvgIpc) is 2.87. The third-order valence-corrected chi connectivity index (χ3v) is 5.75. The Bertz CT molecular complexity index is 1020. The van der Waals surface area contributed by atoms with E-state index in [1.807, 2.05) is 24.3 Å². The number of aliphatic hydroxyl groups excluding tert-OH is 3. The standard InChI is InChI=1S/C26H30O7/c1-30-21-10-9-17(12-24(21)33-4)25(16-5-7-19(14-27)22(11-16)31-2)26(29)18-6-8-20(15-28)23(13-18)32-3/h5-13,25-29H,14-15H2,1-4H3. The van der Waals surface area contributed by atoms with Gasteiger partial charge in [-0.3, -0.25) is 0 Å². The van der Waals surface area contributed by atoms with E-state index >= 15 is 0 Å². The molecule has 0 spiro atoms. The van der Waals surface area contributed by atoms with Crippen LogP contribution in [-0.2, 0) is 13.2 Å². The van der Waals surface area contributed by atoms with Crippen molar-refractivity contribution in [2.45, 2.75) is 25.2 Å². The minimum absolute atomic E-state index is 0.160. The smallest absolute Gasteiger partial charge is 0.161 e. The zero-order valence-electron chi connectivity index (χ0n) is 19.2. The van der Waals surface area contributed by atoms with Crippen molar-refractivity contribution in [2.24, 2.45) is 0 Å². The number of methoxy groups -OCH3 is 4. The number of hydrogen-bond acceptors (Lipinski definition) is 7. The van der Waals surface area contributed by atoms with Crippen LogP contribution in [0.3, 0.4) is 0 Å². The number of benzene rings is 3. The molecule has 7 heteroatoms. The fourth-order valence-corrected chi connectivity index (χ4v) is 3.96. The lowest BCUT2D eigenvalue weighted by Gasteiger charge is -2.26. The second kappa shape index (κ2) is 11.0. The maximum Gasteiger partial charge on any atom is 0.161 e. The summed E-state index contributed by atoms with van der Waals surface area (Å²) in [7, 11) is 6.19. The lowest BCUT2D eigenvalue weighted by molar-refractivity contribution is 0.158. The highest BCUT2D eigenvalue weighted by atomic mass is 16.5. The number of aliphatic hydroxyl groups is 3. The molecule has 0 aliphatic rings. The van der Waals surface area contributed by atoms with Gasteiger partial charge in [-0.25, -0.2) is 0 Å². The molecule has 0 saturated heterocycles. The minimum Gasteiger partial charge on any atom is -0.496 e. The van der Waals surface area contributed by atoms with Gasteiger partial charge < -0.3 is 34.3 Å². The zero-order chi connectivity index (χ0) is 24.0. The van der Waals surface area contributed by atoms with Gasteiger partial charge in [0.15, 0.2) is 11.5 Å². The van der Waals surface area contributed by atoms with Crippen molar-refractivity contribution >= 4 is 0 Å². The monoisotopic (exact) mass is 454 g/mol. The summed E-state index contributed by atoms with van der Waals surface area (Å²) in [6.45, 7) is -0.328. The summed E-state index contributed by atoms with van der Waals surface area (Å²) < 4.78 is 21.7. The predicted molar refractivity (Wildman–Crippen MR) is 124 cm³/mol. The Morgan fingerprint density at radius 3 is 1.48 bits per heavy atom. The number of ether oxygens (including phenoxy) is 4. The normalized spacial score (nSPS) is 12.7. The van der Waals surface area contributed by atoms with E-state index < -0.39 is 12.0 Å².